The summed E-state index contributed by atoms with van der Waals surface area (Å²) in [4.78, 5) is 20.2. The number of fused-ring (bicyclic) bond motifs is 1. The second kappa shape index (κ2) is 9.11. The molecule has 0 saturated carbocycles. The molecule has 0 saturated heterocycles. The lowest BCUT2D eigenvalue weighted by Gasteiger charge is -2.11. The molecule has 4 aromatic rings. The number of carbonyl (C=O) groups excluding carboxylic acids is 1. The van der Waals surface area contributed by atoms with Crippen molar-refractivity contribution in [3.8, 4) is 11.1 Å². The summed E-state index contributed by atoms with van der Waals surface area (Å²) in [5.74, 6) is -4.15. The number of halogens is 4. The van der Waals surface area contributed by atoms with Gasteiger partial charge in [0.25, 0.3) is 0 Å². The highest BCUT2D eigenvalue weighted by Gasteiger charge is 2.25. The standard InChI is InChI=1S/C23H17ClF3N3O3S/c1-2-7-34(32,33)30-21-19(26)6-5-15(20(21)27)22(31)17-11-29-23-16(17)8-12(10-28-23)14-4-3-13(25)9-18(14)24/h3-6,8-11,30H,2,7H2,1H3,(H,28,29). The van der Waals surface area contributed by atoms with Crippen LogP contribution in [0.4, 0.5) is 18.9 Å². The van der Waals surface area contributed by atoms with Gasteiger partial charge < -0.3 is 4.98 Å². The first-order valence-electron chi connectivity index (χ1n) is 10.1. The third-order valence-electron chi connectivity index (χ3n) is 5.08. The second-order valence-electron chi connectivity index (χ2n) is 7.48. The molecule has 0 aliphatic carbocycles. The average Bonchev–Trinajstić information content (AvgIpc) is 3.19. The number of anilines is 1. The van der Waals surface area contributed by atoms with E-state index < -0.39 is 44.5 Å². The first kappa shape index (κ1) is 23.8. The van der Waals surface area contributed by atoms with Crippen molar-refractivity contribution in [1.82, 2.24) is 9.97 Å². The average molecular weight is 508 g/mol. The number of nitrogens with one attached hydrogen (secondary N) is 2. The molecule has 34 heavy (non-hydrogen) atoms. The molecule has 0 amide bonds. The van der Waals surface area contributed by atoms with Gasteiger partial charge in [-0.15, -0.1) is 0 Å². The number of pyridine rings is 1. The van der Waals surface area contributed by atoms with E-state index in [2.05, 4.69) is 9.97 Å². The molecule has 0 fully saturated rings. The first-order chi connectivity index (χ1) is 16.1. The van der Waals surface area contributed by atoms with Crippen LogP contribution in [0.5, 0.6) is 0 Å². The van der Waals surface area contributed by atoms with Crippen molar-refractivity contribution in [2.24, 2.45) is 0 Å². The van der Waals surface area contributed by atoms with Gasteiger partial charge >= 0.3 is 0 Å². The zero-order valence-corrected chi connectivity index (χ0v) is 19.2. The Morgan fingerprint density at radius 2 is 1.88 bits per heavy atom. The van der Waals surface area contributed by atoms with E-state index in [0.717, 1.165) is 18.2 Å². The molecule has 176 valence electrons. The molecule has 6 nitrogen and oxygen atoms in total. The van der Waals surface area contributed by atoms with Crippen molar-refractivity contribution in [3.05, 3.63) is 82.4 Å². The summed E-state index contributed by atoms with van der Waals surface area (Å²) >= 11 is 6.13. The summed E-state index contributed by atoms with van der Waals surface area (Å²) in [6.07, 6.45) is 3.03. The number of hydrogen-bond donors (Lipinski definition) is 2. The van der Waals surface area contributed by atoms with E-state index in [1.165, 1.54) is 24.5 Å². The number of nitrogens with zero attached hydrogens (tertiary/aromatic N) is 1. The Bertz CT molecular complexity index is 1540. The van der Waals surface area contributed by atoms with Gasteiger partial charge in [-0.2, -0.15) is 0 Å². The van der Waals surface area contributed by atoms with Crippen molar-refractivity contribution in [1.29, 1.82) is 0 Å². The molecule has 0 atom stereocenters. The maximum absolute atomic E-state index is 15.1. The first-order valence-corrected chi connectivity index (χ1v) is 12.1. The molecule has 0 aliphatic rings. The second-order valence-corrected chi connectivity index (χ2v) is 9.73. The Balaban J connectivity index is 1.78. The van der Waals surface area contributed by atoms with Gasteiger partial charge in [-0.1, -0.05) is 18.5 Å². The molecule has 0 unspecified atom stereocenters. The fourth-order valence-electron chi connectivity index (χ4n) is 3.50. The van der Waals surface area contributed by atoms with E-state index in [9.17, 15) is 22.0 Å². The molecule has 11 heteroatoms. The minimum atomic E-state index is -4.00. The van der Waals surface area contributed by atoms with Crippen LogP contribution < -0.4 is 4.72 Å². The fraction of sp³-hybridized carbons (Fsp3) is 0.130. The van der Waals surface area contributed by atoms with Crippen LogP contribution in [0.2, 0.25) is 5.02 Å². The smallest absolute Gasteiger partial charge is 0.232 e. The monoisotopic (exact) mass is 507 g/mol. The molecular formula is C23H17ClF3N3O3S. The summed E-state index contributed by atoms with van der Waals surface area (Å²) in [7, 11) is -4.00. The number of rotatable bonds is 7. The summed E-state index contributed by atoms with van der Waals surface area (Å²) in [6.45, 7) is 1.60. The van der Waals surface area contributed by atoms with E-state index in [4.69, 9.17) is 11.6 Å². The highest BCUT2D eigenvalue weighted by molar-refractivity contribution is 7.92. The van der Waals surface area contributed by atoms with Gasteiger partial charge in [0.05, 0.1) is 16.3 Å². The fourth-order valence-corrected chi connectivity index (χ4v) is 4.92. The van der Waals surface area contributed by atoms with Gasteiger partial charge in [-0.25, -0.2) is 26.6 Å². The maximum atomic E-state index is 15.1. The lowest BCUT2D eigenvalue weighted by Crippen LogP contribution is -2.19. The minimum Gasteiger partial charge on any atom is -0.345 e. The normalized spacial score (nSPS) is 11.7. The Morgan fingerprint density at radius 3 is 2.59 bits per heavy atom. The number of carbonyl (C=O) groups is 1. The minimum absolute atomic E-state index is 0.0236. The number of H-pyrrole nitrogens is 1. The van der Waals surface area contributed by atoms with Crippen LogP contribution in [0, 0.1) is 17.5 Å². The lowest BCUT2D eigenvalue weighted by molar-refractivity contribution is 0.103. The molecule has 4 rings (SSSR count). The van der Waals surface area contributed by atoms with Gasteiger partial charge in [0, 0.05) is 34.5 Å². The summed E-state index contributed by atoms with van der Waals surface area (Å²) in [5, 5.41) is 0.456. The molecule has 2 aromatic carbocycles. The predicted octanol–water partition coefficient (Wildman–Crippen LogP) is 5.68. The number of aromatic nitrogens is 2. The van der Waals surface area contributed by atoms with Gasteiger partial charge in [0.2, 0.25) is 10.0 Å². The van der Waals surface area contributed by atoms with E-state index in [-0.39, 0.29) is 22.8 Å². The van der Waals surface area contributed by atoms with Crippen LogP contribution in [-0.4, -0.2) is 29.9 Å². The van der Waals surface area contributed by atoms with Crippen molar-refractivity contribution in [2.45, 2.75) is 13.3 Å². The maximum Gasteiger partial charge on any atom is 0.232 e. The van der Waals surface area contributed by atoms with Gasteiger partial charge in [-0.05, 0) is 42.8 Å². The zero-order valence-electron chi connectivity index (χ0n) is 17.6. The van der Waals surface area contributed by atoms with Gasteiger partial charge in [0.1, 0.15) is 23.0 Å². The van der Waals surface area contributed by atoms with Crippen molar-refractivity contribution < 1.29 is 26.4 Å². The van der Waals surface area contributed by atoms with E-state index in [1.54, 1.807) is 13.0 Å². The summed E-state index contributed by atoms with van der Waals surface area (Å²) < 4.78 is 68.7. The molecule has 0 spiro atoms. The topological polar surface area (TPSA) is 91.9 Å². The summed E-state index contributed by atoms with van der Waals surface area (Å²) in [5.41, 5.74) is -0.152. The van der Waals surface area contributed by atoms with Crippen molar-refractivity contribution in [3.63, 3.8) is 0 Å². The van der Waals surface area contributed by atoms with Crippen LogP contribution in [0.15, 0.2) is 48.8 Å². The quantitative estimate of drug-likeness (QED) is 0.315. The van der Waals surface area contributed by atoms with Crippen LogP contribution in [-0.2, 0) is 10.0 Å². The zero-order chi connectivity index (χ0) is 24.6. The number of aromatic amines is 1. The molecular weight excluding hydrogens is 491 g/mol. The Hall–Kier alpha value is -3.37. The number of ketones is 1. The molecule has 2 heterocycles. The van der Waals surface area contributed by atoms with Crippen molar-refractivity contribution >= 4 is 44.1 Å². The number of benzene rings is 2. The largest absolute Gasteiger partial charge is 0.345 e. The Kier molecular flexibility index (Phi) is 6.37. The molecule has 0 aliphatic heterocycles. The van der Waals surface area contributed by atoms with Crippen LogP contribution in [0.25, 0.3) is 22.2 Å². The molecule has 0 bridgehead atoms. The molecule has 2 aromatic heterocycles. The van der Waals surface area contributed by atoms with E-state index >= 15 is 4.39 Å². The van der Waals surface area contributed by atoms with Crippen LogP contribution in [0.3, 0.4) is 0 Å². The number of hydrogen-bond acceptors (Lipinski definition) is 4. The van der Waals surface area contributed by atoms with Gasteiger partial charge in [0.15, 0.2) is 11.6 Å². The van der Waals surface area contributed by atoms with E-state index in [1.807, 2.05) is 4.72 Å². The highest BCUT2D eigenvalue weighted by atomic mass is 35.5. The predicted molar refractivity (Wildman–Crippen MR) is 124 cm³/mol. The molecule has 0 radical (unpaired) electrons. The van der Waals surface area contributed by atoms with Crippen molar-refractivity contribution in [2.75, 3.05) is 10.5 Å². The SMILES string of the molecule is CCCS(=O)(=O)Nc1c(F)ccc(C(=O)c2c[nH]c3ncc(-c4ccc(F)cc4Cl)cc23)c1F. The highest BCUT2D eigenvalue weighted by Crippen LogP contribution is 2.32. The van der Waals surface area contributed by atoms with E-state index in [0.29, 0.717) is 22.2 Å². The Morgan fingerprint density at radius 1 is 1.12 bits per heavy atom. The van der Waals surface area contributed by atoms with Gasteiger partial charge in [-0.3, -0.25) is 9.52 Å². The lowest BCUT2D eigenvalue weighted by atomic mass is 10.00. The number of sulfonamides is 1. The third kappa shape index (κ3) is 4.51. The van der Waals surface area contributed by atoms with Crippen LogP contribution >= 0.6 is 11.6 Å². The molecule has 2 N–H and O–H groups in total. The third-order valence-corrected chi connectivity index (χ3v) is 6.86. The van der Waals surface area contributed by atoms with Crippen LogP contribution in [0.1, 0.15) is 29.3 Å². The Labute approximate surface area is 197 Å². The summed E-state index contributed by atoms with van der Waals surface area (Å²) in [6, 6.07) is 7.16.